The number of hydrogen-bond donors (Lipinski definition) is 0. The van der Waals surface area contributed by atoms with Crippen LogP contribution in [0.25, 0.3) is 10.9 Å². The summed E-state index contributed by atoms with van der Waals surface area (Å²) in [6, 6.07) is 10.5. The molecule has 170 valence electrons. The van der Waals surface area contributed by atoms with Crippen LogP contribution in [0.2, 0.25) is 0 Å². The molecule has 1 aliphatic rings. The fraction of sp³-hybridized carbons (Fsp3) is 0.409. The molecule has 0 N–H and O–H groups in total. The van der Waals surface area contributed by atoms with Crippen molar-refractivity contribution in [1.82, 2.24) is 13.9 Å². The molecular weight excluding hydrogens is 434 g/mol. The number of furan rings is 1. The van der Waals surface area contributed by atoms with Gasteiger partial charge in [0.05, 0.1) is 35.4 Å². The highest BCUT2D eigenvalue weighted by Gasteiger charge is 2.31. The Morgan fingerprint density at radius 3 is 2.62 bits per heavy atom. The van der Waals surface area contributed by atoms with Crippen LogP contribution < -0.4 is 5.56 Å². The number of carbonyl (C=O) groups excluding carboxylic acids is 1. The third-order valence-corrected chi connectivity index (χ3v) is 7.61. The van der Waals surface area contributed by atoms with Gasteiger partial charge in [-0.15, -0.1) is 0 Å². The topological polar surface area (TPSA) is 112 Å². The average Bonchev–Trinajstić information content (AvgIpc) is 3.33. The number of sulfonamides is 1. The minimum atomic E-state index is -3.26. The van der Waals surface area contributed by atoms with Gasteiger partial charge in [-0.05, 0) is 44.0 Å². The highest BCUT2D eigenvalue weighted by Crippen LogP contribution is 2.22. The average molecular weight is 460 g/mol. The molecule has 0 aliphatic carbocycles. The number of aromatic nitrogens is 2. The number of esters is 1. The van der Waals surface area contributed by atoms with E-state index in [1.807, 2.05) is 0 Å². The Morgan fingerprint density at radius 1 is 1.19 bits per heavy atom. The second kappa shape index (κ2) is 9.25. The number of carbonyl (C=O) groups is 1. The molecule has 10 heteroatoms. The zero-order chi connectivity index (χ0) is 22.7. The fourth-order valence-corrected chi connectivity index (χ4v) is 4.98. The molecule has 2 aromatic heterocycles. The highest BCUT2D eigenvalue weighted by atomic mass is 32.2. The molecule has 0 bridgehead atoms. The first-order valence-electron chi connectivity index (χ1n) is 10.5. The van der Waals surface area contributed by atoms with Gasteiger partial charge in [0.25, 0.3) is 5.56 Å². The van der Waals surface area contributed by atoms with E-state index in [0.717, 1.165) is 0 Å². The molecule has 0 amide bonds. The second-order valence-electron chi connectivity index (χ2n) is 7.70. The van der Waals surface area contributed by atoms with Gasteiger partial charge in [0.1, 0.15) is 12.4 Å². The third-order valence-electron chi connectivity index (χ3n) is 5.72. The summed E-state index contributed by atoms with van der Waals surface area (Å²) in [6.45, 7) is 2.21. The number of benzene rings is 1. The summed E-state index contributed by atoms with van der Waals surface area (Å²) < 4.78 is 37.8. The maximum absolute atomic E-state index is 13.1. The van der Waals surface area contributed by atoms with Crippen LogP contribution in [0.4, 0.5) is 0 Å². The van der Waals surface area contributed by atoms with Crippen LogP contribution in [0.1, 0.15) is 31.4 Å². The van der Waals surface area contributed by atoms with Crippen LogP contribution in [0.5, 0.6) is 0 Å². The van der Waals surface area contributed by atoms with Gasteiger partial charge in [0, 0.05) is 13.1 Å². The van der Waals surface area contributed by atoms with Crippen LogP contribution in [0.15, 0.2) is 51.9 Å². The van der Waals surface area contributed by atoms with E-state index < -0.39 is 16.0 Å². The van der Waals surface area contributed by atoms with Crippen molar-refractivity contribution in [1.29, 1.82) is 0 Å². The maximum atomic E-state index is 13.1. The van der Waals surface area contributed by atoms with Crippen LogP contribution in [-0.4, -0.2) is 47.1 Å². The van der Waals surface area contributed by atoms with E-state index >= 15 is 0 Å². The van der Waals surface area contributed by atoms with Crippen molar-refractivity contribution in [2.45, 2.75) is 32.9 Å². The molecule has 0 spiro atoms. The highest BCUT2D eigenvalue weighted by molar-refractivity contribution is 7.89. The number of nitrogens with zero attached hydrogens (tertiary/aromatic N) is 3. The molecule has 9 nitrogen and oxygen atoms in total. The van der Waals surface area contributed by atoms with E-state index in [0.29, 0.717) is 48.4 Å². The molecule has 3 aromatic rings. The summed E-state index contributed by atoms with van der Waals surface area (Å²) >= 11 is 0. The summed E-state index contributed by atoms with van der Waals surface area (Å²) in [4.78, 5) is 30.3. The van der Waals surface area contributed by atoms with Crippen molar-refractivity contribution in [2.75, 3.05) is 18.8 Å². The maximum Gasteiger partial charge on any atom is 0.309 e. The van der Waals surface area contributed by atoms with Crippen molar-refractivity contribution < 1.29 is 22.4 Å². The lowest BCUT2D eigenvalue weighted by atomic mass is 9.98. The lowest BCUT2D eigenvalue weighted by Crippen LogP contribution is -2.41. The molecule has 32 heavy (non-hydrogen) atoms. The molecule has 1 fully saturated rings. The lowest BCUT2D eigenvalue weighted by molar-refractivity contribution is -0.151. The second-order valence-corrected chi connectivity index (χ2v) is 9.96. The zero-order valence-electron chi connectivity index (χ0n) is 17.8. The van der Waals surface area contributed by atoms with Crippen LogP contribution >= 0.6 is 0 Å². The van der Waals surface area contributed by atoms with Gasteiger partial charge in [-0.25, -0.2) is 17.7 Å². The van der Waals surface area contributed by atoms with E-state index in [9.17, 15) is 18.0 Å². The normalized spacial score (nSPS) is 15.8. The fourth-order valence-electron chi connectivity index (χ4n) is 3.85. The Bertz CT molecular complexity index is 1260. The summed E-state index contributed by atoms with van der Waals surface area (Å²) in [5.41, 5.74) is 0.286. The summed E-state index contributed by atoms with van der Waals surface area (Å²) in [7, 11) is -3.26. The Kier molecular flexibility index (Phi) is 6.43. The standard InChI is InChI=1S/C22H25N3O6S/c1-2-32(28,29)24-11-9-16(10-12-24)22(27)31-15-20-23-19-8-4-3-7-18(19)21(26)25(20)14-17-6-5-13-30-17/h3-8,13,16H,2,9-12,14-15H2,1H3. The molecule has 0 unspecified atom stereocenters. The smallest absolute Gasteiger partial charge is 0.309 e. The van der Waals surface area contributed by atoms with Gasteiger partial charge >= 0.3 is 5.97 Å². The Labute approximate surface area is 185 Å². The third kappa shape index (κ3) is 4.61. The van der Waals surface area contributed by atoms with E-state index in [1.165, 1.54) is 15.1 Å². The van der Waals surface area contributed by atoms with Gasteiger partial charge < -0.3 is 9.15 Å². The summed E-state index contributed by atoms with van der Waals surface area (Å²) in [6.07, 6.45) is 2.34. The van der Waals surface area contributed by atoms with Gasteiger partial charge in [0.15, 0.2) is 5.82 Å². The molecule has 1 aromatic carbocycles. The van der Waals surface area contributed by atoms with E-state index in [2.05, 4.69) is 4.98 Å². The van der Waals surface area contributed by atoms with Gasteiger partial charge in [-0.3, -0.25) is 14.2 Å². The molecule has 1 aliphatic heterocycles. The minimum Gasteiger partial charge on any atom is -0.467 e. The Hall–Kier alpha value is -2.98. The number of rotatable bonds is 7. The van der Waals surface area contributed by atoms with E-state index in [4.69, 9.17) is 9.15 Å². The summed E-state index contributed by atoms with van der Waals surface area (Å²) in [5, 5.41) is 0.471. The van der Waals surface area contributed by atoms with Crippen molar-refractivity contribution in [2.24, 2.45) is 5.92 Å². The lowest BCUT2D eigenvalue weighted by Gasteiger charge is -2.29. The van der Waals surface area contributed by atoms with Crippen LogP contribution in [-0.2, 0) is 32.7 Å². The predicted octanol–water partition coefficient (Wildman–Crippen LogP) is 2.14. The van der Waals surface area contributed by atoms with Gasteiger partial charge in [0.2, 0.25) is 10.0 Å². The number of hydrogen-bond acceptors (Lipinski definition) is 7. The van der Waals surface area contributed by atoms with E-state index in [-0.39, 0.29) is 30.4 Å². The van der Waals surface area contributed by atoms with Crippen molar-refractivity contribution in [3.63, 3.8) is 0 Å². The first-order chi connectivity index (χ1) is 15.4. The van der Waals surface area contributed by atoms with Crippen molar-refractivity contribution in [3.8, 4) is 0 Å². The molecule has 0 radical (unpaired) electrons. The number of piperidine rings is 1. The number of ether oxygens (including phenoxy) is 1. The first kappa shape index (κ1) is 22.2. The monoisotopic (exact) mass is 459 g/mol. The van der Waals surface area contributed by atoms with Gasteiger partial charge in [-0.2, -0.15) is 0 Å². The van der Waals surface area contributed by atoms with Gasteiger partial charge in [-0.1, -0.05) is 12.1 Å². The molecule has 1 saturated heterocycles. The minimum absolute atomic E-state index is 0.0446. The Morgan fingerprint density at radius 2 is 1.94 bits per heavy atom. The van der Waals surface area contributed by atoms with E-state index in [1.54, 1.807) is 43.3 Å². The molecular formula is C22H25N3O6S. The molecule has 4 rings (SSSR count). The predicted molar refractivity (Wildman–Crippen MR) is 117 cm³/mol. The molecule has 3 heterocycles. The summed E-state index contributed by atoms with van der Waals surface area (Å²) in [5.74, 6) is 0.156. The van der Waals surface area contributed by atoms with Crippen LogP contribution in [0.3, 0.4) is 0 Å². The number of fused-ring (bicyclic) bond motifs is 1. The van der Waals surface area contributed by atoms with Crippen molar-refractivity contribution >= 4 is 26.9 Å². The van der Waals surface area contributed by atoms with Crippen LogP contribution in [0, 0.1) is 5.92 Å². The zero-order valence-corrected chi connectivity index (χ0v) is 18.6. The Balaban J connectivity index is 1.50. The quantitative estimate of drug-likeness (QED) is 0.498. The SMILES string of the molecule is CCS(=O)(=O)N1CCC(C(=O)OCc2nc3ccccc3c(=O)n2Cc2ccco2)CC1. The molecule has 0 saturated carbocycles. The molecule has 0 atom stereocenters. The van der Waals surface area contributed by atoms with Crippen molar-refractivity contribution in [3.05, 3.63) is 64.6 Å². The first-order valence-corrected chi connectivity index (χ1v) is 12.1. The number of para-hydroxylation sites is 1. The largest absolute Gasteiger partial charge is 0.467 e.